The number of nitrogens with one attached hydrogen (secondary N) is 2. The number of anilines is 3. The van der Waals surface area contributed by atoms with Crippen LogP contribution in [-0.4, -0.2) is 66.7 Å². The summed E-state index contributed by atoms with van der Waals surface area (Å²) in [5.74, 6) is 2.03. The van der Waals surface area contributed by atoms with Crippen molar-refractivity contribution < 1.29 is 0 Å². The lowest BCUT2D eigenvalue weighted by molar-refractivity contribution is 0.325. The Bertz CT molecular complexity index is 443. The standard InChI is InChI=1S/C14H27N7/c1-11(20(3)4)10-16-13-17-12(15-2)18-14(19-13)21-8-6-5-7-9-21/h11H,5-10H2,1-4H3,(H2,15,16,17,18,19). The number of nitrogens with zero attached hydrogens (tertiary/aromatic N) is 5. The summed E-state index contributed by atoms with van der Waals surface area (Å²) in [7, 11) is 5.97. The quantitative estimate of drug-likeness (QED) is 0.818. The number of rotatable bonds is 6. The van der Waals surface area contributed by atoms with Crippen LogP contribution < -0.4 is 15.5 Å². The van der Waals surface area contributed by atoms with Crippen LogP contribution in [0.15, 0.2) is 0 Å². The molecule has 1 unspecified atom stereocenters. The van der Waals surface area contributed by atoms with Crippen LogP contribution in [0.4, 0.5) is 17.8 Å². The van der Waals surface area contributed by atoms with Gasteiger partial charge in [0.2, 0.25) is 17.8 Å². The zero-order valence-electron chi connectivity index (χ0n) is 13.6. The summed E-state index contributed by atoms with van der Waals surface area (Å²) in [5.41, 5.74) is 0. The van der Waals surface area contributed by atoms with Crippen molar-refractivity contribution in [2.24, 2.45) is 0 Å². The Morgan fingerprint density at radius 1 is 1.10 bits per heavy atom. The van der Waals surface area contributed by atoms with Crippen LogP contribution in [0.2, 0.25) is 0 Å². The number of piperidine rings is 1. The van der Waals surface area contributed by atoms with Gasteiger partial charge < -0.3 is 20.4 Å². The van der Waals surface area contributed by atoms with E-state index in [9.17, 15) is 0 Å². The van der Waals surface area contributed by atoms with Gasteiger partial charge in [-0.1, -0.05) is 0 Å². The number of likely N-dealkylation sites (N-methyl/N-ethyl adjacent to an activating group) is 1. The lowest BCUT2D eigenvalue weighted by Gasteiger charge is -2.27. The maximum Gasteiger partial charge on any atom is 0.231 e. The van der Waals surface area contributed by atoms with Crippen LogP contribution in [0.3, 0.4) is 0 Å². The molecule has 21 heavy (non-hydrogen) atoms. The zero-order valence-corrected chi connectivity index (χ0v) is 13.6. The highest BCUT2D eigenvalue weighted by atomic mass is 15.3. The molecule has 0 radical (unpaired) electrons. The smallest absolute Gasteiger partial charge is 0.231 e. The molecule has 0 aliphatic carbocycles. The highest BCUT2D eigenvalue weighted by molar-refractivity contribution is 5.43. The molecule has 1 aliphatic rings. The first-order valence-electron chi connectivity index (χ1n) is 7.69. The molecule has 0 spiro atoms. The van der Waals surface area contributed by atoms with Crippen LogP contribution in [0.25, 0.3) is 0 Å². The molecule has 1 aromatic heterocycles. The van der Waals surface area contributed by atoms with E-state index in [-0.39, 0.29) is 0 Å². The summed E-state index contributed by atoms with van der Waals surface area (Å²) in [6, 6.07) is 0.415. The lowest BCUT2D eigenvalue weighted by atomic mass is 10.1. The summed E-state index contributed by atoms with van der Waals surface area (Å²) >= 11 is 0. The van der Waals surface area contributed by atoms with E-state index in [0.29, 0.717) is 17.9 Å². The number of hydrogen-bond donors (Lipinski definition) is 2. The molecule has 0 bridgehead atoms. The highest BCUT2D eigenvalue weighted by Gasteiger charge is 2.16. The first-order valence-corrected chi connectivity index (χ1v) is 7.69. The van der Waals surface area contributed by atoms with Crippen molar-refractivity contribution in [2.75, 3.05) is 56.3 Å². The highest BCUT2D eigenvalue weighted by Crippen LogP contribution is 2.18. The maximum absolute atomic E-state index is 4.57. The summed E-state index contributed by atoms with van der Waals surface area (Å²) in [4.78, 5) is 17.8. The van der Waals surface area contributed by atoms with Crippen molar-refractivity contribution in [1.82, 2.24) is 19.9 Å². The topological polar surface area (TPSA) is 69.2 Å². The summed E-state index contributed by atoms with van der Waals surface area (Å²) in [6.45, 7) is 5.03. The van der Waals surface area contributed by atoms with Crippen molar-refractivity contribution in [3.8, 4) is 0 Å². The fourth-order valence-electron chi connectivity index (χ4n) is 2.21. The summed E-state index contributed by atoms with van der Waals surface area (Å²) < 4.78 is 0. The van der Waals surface area contributed by atoms with E-state index in [0.717, 1.165) is 25.6 Å². The van der Waals surface area contributed by atoms with E-state index < -0.39 is 0 Å². The minimum atomic E-state index is 0.415. The Morgan fingerprint density at radius 3 is 2.38 bits per heavy atom. The lowest BCUT2D eigenvalue weighted by Crippen LogP contribution is -2.33. The molecule has 118 valence electrons. The predicted octanol–water partition coefficient (Wildman–Crippen LogP) is 1.27. The second kappa shape index (κ2) is 7.40. The minimum Gasteiger partial charge on any atom is -0.357 e. The zero-order chi connectivity index (χ0) is 15.2. The van der Waals surface area contributed by atoms with Crippen molar-refractivity contribution in [1.29, 1.82) is 0 Å². The van der Waals surface area contributed by atoms with E-state index in [2.05, 4.69) is 56.4 Å². The van der Waals surface area contributed by atoms with Crippen LogP contribution in [-0.2, 0) is 0 Å². The molecule has 1 aliphatic heterocycles. The fraction of sp³-hybridized carbons (Fsp3) is 0.786. The molecule has 7 nitrogen and oxygen atoms in total. The molecular weight excluding hydrogens is 266 g/mol. The Morgan fingerprint density at radius 2 is 1.76 bits per heavy atom. The van der Waals surface area contributed by atoms with E-state index in [4.69, 9.17) is 0 Å². The van der Waals surface area contributed by atoms with E-state index in [1.165, 1.54) is 19.3 Å². The van der Waals surface area contributed by atoms with Gasteiger partial charge in [0.05, 0.1) is 0 Å². The van der Waals surface area contributed by atoms with Gasteiger partial charge in [0, 0.05) is 32.7 Å². The summed E-state index contributed by atoms with van der Waals surface area (Å²) in [6.07, 6.45) is 3.72. The van der Waals surface area contributed by atoms with Gasteiger partial charge in [-0.2, -0.15) is 15.0 Å². The van der Waals surface area contributed by atoms with Gasteiger partial charge >= 0.3 is 0 Å². The number of aromatic nitrogens is 3. The van der Waals surface area contributed by atoms with E-state index in [1.807, 2.05) is 7.05 Å². The van der Waals surface area contributed by atoms with Gasteiger partial charge in [-0.05, 0) is 40.3 Å². The van der Waals surface area contributed by atoms with Gasteiger partial charge in [0.1, 0.15) is 0 Å². The van der Waals surface area contributed by atoms with E-state index in [1.54, 1.807) is 0 Å². The predicted molar refractivity (Wildman–Crippen MR) is 87.1 cm³/mol. The SMILES string of the molecule is CNc1nc(NCC(C)N(C)C)nc(N2CCCCC2)n1. The van der Waals surface area contributed by atoms with E-state index >= 15 is 0 Å². The molecular formula is C14H27N7. The minimum absolute atomic E-state index is 0.415. The molecule has 1 aromatic rings. The van der Waals surface area contributed by atoms with Crippen LogP contribution >= 0.6 is 0 Å². The van der Waals surface area contributed by atoms with Crippen LogP contribution in [0.5, 0.6) is 0 Å². The Hall–Kier alpha value is -1.63. The fourth-order valence-corrected chi connectivity index (χ4v) is 2.21. The van der Waals surface area contributed by atoms with Crippen molar-refractivity contribution in [3.63, 3.8) is 0 Å². The third kappa shape index (κ3) is 4.42. The maximum atomic E-state index is 4.57. The molecule has 0 saturated carbocycles. The Kier molecular flexibility index (Phi) is 5.55. The van der Waals surface area contributed by atoms with Crippen molar-refractivity contribution in [2.45, 2.75) is 32.2 Å². The molecule has 2 rings (SSSR count). The Balaban J connectivity index is 2.09. The van der Waals surface area contributed by atoms with Crippen molar-refractivity contribution in [3.05, 3.63) is 0 Å². The first-order chi connectivity index (χ1) is 10.1. The molecule has 2 N–H and O–H groups in total. The van der Waals surface area contributed by atoms with Gasteiger partial charge in [0.25, 0.3) is 0 Å². The molecule has 0 amide bonds. The third-order valence-corrected chi connectivity index (χ3v) is 3.92. The molecule has 1 fully saturated rings. The van der Waals surface area contributed by atoms with Gasteiger partial charge in [0.15, 0.2) is 0 Å². The van der Waals surface area contributed by atoms with Gasteiger partial charge in [-0.25, -0.2) is 0 Å². The van der Waals surface area contributed by atoms with Crippen molar-refractivity contribution >= 4 is 17.8 Å². The second-order valence-electron chi connectivity index (χ2n) is 5.77. The third-order valence-electron chi connectivity index (χ3n) is 3.92. The average Bonchev–Trinajstić information content (AvgIpc) is 2.52. The molecule has 0 aromatic carbocycles. The second-order valence-corrected chi connectivity index (χ2v) is 5.77. The molecule has 1 saturated heterocycles. The van der Waals surface area contributed by atoms with Gasteiger partial charge in [-0.15, -0.1) is 0 Å². The molecule has 2 heterocycles. The van der Waals surface area contributed by atoms with Crippen LogP contribution in [0, 0.1) is 0 Å². The normalized spacial score (nSPS) is 16.9. The average molecular weight is 293 g/mol. The van der Waals surface area contributed by atoms with Crippen LogP contribution in [0.1, 0.15) is 26.2 Å². The first kappa shape index (κ1) is 15.8. The van der Waals surface area contributed by atoms with Gasteiger partial charge in [-0.3, -0.25) is 0 Å². The Labute approximate surface area is 127 Å². The largest absolute Gasteiger partial charge is 0.357 e. The monoisotopic (exact) mass is 293 g/mol. The molecule has 1 atom stereocenters. The number of hydrogen-bond acceptors (Lipinski definition) is 7. The summed E-state index contributed by atoms with van der Waals surface area (Å²) in [5, 5.41) is 6.33. The molecule has 7 heteroatoms.